The van der Waals surface area contributed by atoms with Crippen LogP contribution in [0, 0.1) is 0 Å². The topological polar surface area (TPSA) is 66.0 Å². The monoisotopic (exact) mass is 269 g/mol. The number of nitrogens with one attached hydrogen (secondary N) is 1. The van der Waals surface area contributed by atoms with Gasteiger partial charge in [-0.1, -0.05) is 0 Å². The van der Waals surface area contributed by atoms with Gasteiger partial charge in [-0.05, 0) is 12.1 Å². The van der Waals surface area contributed by atoms with Crippen LogP contribution in [0.15, 0.2) is 18.2 Å². The highest BCUT2D eigenvalue weighted by Gasteiger charge is 2.07. The number of ether oxygens (including phenoxy) is 4. The molecule has 0 aromatic heterocycles. The number of amides is 1. The Morgan fingerprint density at radius 1 is 1.11 bits per heavy atom. The van der Waals surface area contributed by atoms with Crippen LogP contribution in [0.25, 0.3) is 0 Å². The summed E-state index contributed by atoms with van der Waals surface area (Å²) in [5.41, 5.74) is 0.623. The van der Waals surface area contributed by atoms with Crippen LogP contribution in [0.1, 0.15) is 0 Å². The van der Waals surface area contributed by atoms with Crippen molar-refractivity contribution in [2.75, 3.05) is 46.5 Å². The van der Waals surface area contributed by atoms with Crippen LogP contribution < -0.4 is 14.8 Å². The Labute approximate surface area is 112 Å². The van der Waals surface area contributed by atoms with Gasteiger partial charge in [-0.2, -0.15) is 0 Å². The highest BCUT2D eigenvalue weighted by molar-refractivity contribution is 5.92. The molecule has 1 amide bonds. The van der Waals surface area contributed by atoms with E-state index >= 15 is 0 Å². The first kappa shape index (κ1) is 15.3. The third kappa shape index (κ3) is 5.15. The number of benzene rings is 1. The van der Waals surface area contributed by atoms with Gasteiger partial charge in [-0.15, -0.1) is 0 Å². The summed E-state index contributed by atoms with van der Waals surface area (Å²) in [6.07, 6.45) is 0. The minimum Gasteiger partial charge on any atom is -0.493 e. The first-order valence-electron chi connectivity index (χ1n) is 5.79. The van der Waals surface area contributed by atoms with E-state index in [1.54, 1.807) is 32.4 Å². The molecule has 1 aromatic rings. The Hall–Kier alpha value is -1.79. The molecule has 1 aromatic carbocycles. The largest absolute Gasteiger partial charge is 0.493 e. The SMILES string of the molecule is COCCOCC(=O)Nc1ccc(OC)c(OC)c1. The molecule has 0 aliphatic carbocycles. The second-order valence-corrected chi connectivity index (χ2v) is 3.66. The number of carbonyl (C=O) groups is 1. The molecule has 0 fully saturated rings. The van der Waals surface area contributed by atoms with Gasteiger partial charge in [-0.25, -0.2) is 0 Å². The summed E-state index contributed by atoms with van der Waals surface area (Å²) in [6, 6.07) is 5.14. The zero-order valence-electron chi connectivity index (χ0n) is 11.4. The highest BCUT2D eigenvalue weighted by atomic mass is 16.5. The van der Waals surface area contributed by atoms with E-state index < -0.39 is 0 Å². The Bertz CT molecular complexity index is 408. The van der Waals surface area contributed by atoms with Gasteiger partial charge in [0.05, 0.1) is 27.4 Å². The number of anilines is 1. The molecule has 6 nitrogen and oxygen atoms in total. The first-order valence-corrected chi connectivity index (χ1v) is 5.79. The average molecular weight is 269 g/mol. The molecule has 0 saturated carbocycles. The number of methoxy groups -OCH3 is 3. The summed E-state index contributed by atoms with van der Waals surface area (Å²) in [5, 5.41) is 2.70. The standard InChI is InChI=1S/C13H19NO5/c1-16-6-7-19-9-13(15)14-10-4-5-11(17-2)12(8-10)18-3/h4-5,8H,6-7,9H2,1-3H3,(H,14,15). The fourth-order valence-corrected chi connectivity index (χ4v) is 1.42. The molecule has 0 unspecified atom stereocenters. The number of rotatable bonds is 8. The van der Waals surface area contributed by atoms with Crippen molar-refractivity contribution in [2.24, 2.45) is 0 Å². The predicted molar refractivity (Wildman–Crippen MR) is 70.9 cm³/mol. The van der Waals surface area contributed by atoms with Crippen molar-refractivity contribution in [3.8, 4) is 11.5 Å². The van der Waals surface area contributed by atoms with Crippen molar-refractivity contribution in [2.45, 2.75) is 0 Å². The van der Waals surface area contributed by atoms with Gasteiger partial charge in [0.1, 0.15) is 6.61 Å². The van der Waals surface area contributed by atoms with E-state index in [0.29, 0.717) is 30.4 Å². The van der Waals surface area contributed by atoms with Gasteiger partial charge >= 0.3 is 0 Å². The third-order valence-electron chi connectivity index (χ3n) is 2.33. The van der Waals surface area contributed by atoms with Crippen molar-refractivity contribution in [3.05, 3.63) is 18.2 Å². The van der Waals surface area contributed by atoms with Crippen LogP contribution in [0.4, 0.5) is 5.69 Å². The summed E-state index contributed by atoms with van der Waals surface area (Å²) < 4.78 is 20.2. The van der Waals surface area contributed by atoms with Gasteiger partial charge in [0.2, 0.25) is 5.91 Å². The molecule has 0 bridgehead atoms. The third-order valence-corrected chi connectivity index (χ3v) is 2.33. The minimum absolute atomic E-state index is 0.0162. The summed E-state index contributed by atoms with van der Waals surface area (Å²) in [6.45, 7) is 0.831. The summed E-state index contributed by atoms with van der Waals surface area (Å²) in [5.74, 6) is 0.931. The summed E-state index contributed by atoms with van der Waals surface area (Å²) >= 11 is 0. The smallest absolute Gasteiger partial charge is 0.250 e. The van der Waals surface area contributed by atoms with Crippen molar-refractivity contribution >= 4 is 11.6 Å². The lowest BCUT2D eigenvalue weighted by Gasteiger charge is -2.10. The average Bonchev–Trinajstić information content (AvgIpc) is 2.43. The summed E-state index contributed by atoms with van der Waals surface area (Å²) in [4.78, 5) is 11.6. The van der Waals surface area contributed by atoms with Crippen LogP contribution in [0.2, 0.25) is 0 Å². The maximum atomic E-state index is 11.6. The van der Waals surface area contributed by atoms with Gasteiger partial charge in [0.25, 0.3) is 0 Å². The van der Waals surface area contributed by atoms with Gasteiger partial charge in [0.15, 0.2) is 11.5 Å². The van der Waals surface area contributed by atoms with Crippen molar-refractivity contribution in [1.82, 2.24) is 0 Å². The van der Waals surface area contributed by atoms with Crippen LogP contribution in [0.5, 0.6) is 11.5 Å². The molecule has 1 N–H and O–H groups in total. The lowest BCUT2D eigenvalue weighted by Crippen LogP contribution is -2.19. The molecule has 0 radical (unpaired) electrons. The van der Waals surface area contributed by atoms with E-state index in [4.69, 9.17) is 18.9 Å². The molecule has 1 rings (SSSR count). The highest BCUT2D eigenvalue weighted by Crippen LogP contribution is 2.29. The van der Waals surface area contributed by atoms with E-state index in [1.165, 1.54) is 7.11 Å². The van der Waals surface area contributed by atoms with Crippen LogP contribution in [-0.4, -0.2) is 47.1 Å². The van der Waals surface area contributed by atoms with Gasteiger partial charge < -0.3 is 24.3 Å². The second kappa shape index (κ2) is 8.34. The van der Waals surface area contributed by atoms with E-state index in [-0.39, 0.29) is 12.5 Å². The maximum absolute atomic E-state index is 11.6. The Morgan fingerprint density at radius 3 is 2.47 bits per heavy atom. The van der Waals surface area contributed by atoms with Crippen molar-refractivity contribution in [3.63, 3.8) is 0 Å². The zero-order chi connectivity index (χ0) is 14.1. The first-order chi connectivity index (χ1) is 9.21. The van der Waals surface area contributed by atoms with Crippen molar-refractivity contribution < 1.29 is 23.7 Å². The van der Waals surface area contributed by atoms with Gasteiger partial charge in [0, 0.05) is 18.9 Å². The van der Waals surface area contributed by atoms with E-state index in [0.717, 1.165) is 0 Å². The minimum atomic E-state index is -0.233. The molecular weight excluding hydrogens is 250 g/mol. The van der Waals surface area contributed by atoms with Crippen LogP contribution in [0.3, 0.4) is 0 Å². The zero-order valence-corrected chi connectivity index (χ0v) is 11.4. The lowest BCUT2D eigenvalue weighted by atomic mass is 10.2. The van der Waals surface area contributed by atoms with Crippen molar-refractivity contribution in [1.29, 1.82) is 0 Å². The van der Waals surface area contributed by atoms with E-state index in [9.17, 15) is 4.79 Å². The number of hydrogen-bond donors (Lipinski definition) is 1. The molecule has 0 aliphatic rings. The fourth-order valence-electron chi connectivity index (χ4n) is 1.42. The molecule has 106 valence electrons. The van der Waals surface area contributed by atoms with Gasteiger partial charge in [-0.3, -0.25) is 4.79 Å². The molecule has 19 heavy (non-hydrogen) atoms. The molecule has 0 spiro atoms. The van der Waals surface area contributed by atoms with E-state index in [2.05, 4.69) is 5.32 Å². The molecule has 0 saturated heterocycles. The van der Waals surface area contributed by atoms with Crippen LogP contribution in [-0.2, 0) is 14.3 Å². The normalized spacial score (nSPS) is 10.1. The molecular formula is C13H19NO5. The quantitative estimate of drug-likeness (QED) is 0.721. The van der Waals surface area contributed by atoms with Crippen LogP contribution >= 0.6 is 0 Å². The molecule has 0 heterocycles. The maximum Gasteiger partial charge on any atom is 0.250 e. The molecule has 0 aliphatic heterocycles. The molecule has 6 heteroatoms. The second-order valence-electron chi connectivity index (χ2n) is 3.66. The Balaban J connectivity index is 2.50. The van der Waals surface area contributed by atoms with E-state index in [1.807, 2.05) is 0 Å². The number of hydrogen-bond acceptors (Lipinski definition) is 5. The number of carbonyl (C=O) groups excluding carboxylic acids is 1. The summed E-state index contributed by atoms with van der Waals surface area (Å²) in [7, 11) is 4.67. The predicted octanol–water partition coefficient (Wildman–Crippen LogP) is 1.31. The lowest BCUT2D eigenvalue weighted by molar-refractivity contribution is -0.121. The Morgan fingerprint density at radius 2 is 1.84 bits per heavy atom. The molecule has 0 atom stereocenters. The Kier molecular flexibility index (Phi) is 6.70. The fraction of sp³-hybridized carbons (Fsp3) is 0.462.